The van der Waals surface area contributed by atoms with Crippen LogP contribution in [0.5, 0.6) is 11.5 Å². The van der Waals surface area contributed by atoms with E-state index < -0.39 is 11.8 Å². The van der Waals surface area contributed by atoms with Crippen molar-refractivity contribution in [2.24, 2.45) is 0 Å². The second-order valence-corrected chi connectivity index (χ2v) is 6.24. The molecule has 2 heterocycles. The highest BCUT2D eigenvalue weighted by Gasteiger charge is 2.24. The maximum atomic E-state index is 12.0. The lowest BCUT2D eigenvalue weighted by Crippen LogP contribution is -2.44. The number of nitrogens with zero attached hydrogens (tertiary/aromatic N) is 3. The molecule has 0 atom stereocenters. The molecule has 24 heavy (non-hydrogen) atoms. The van der Waals surface area contributed by atoms with Gasteiger partial charge in [0.25, 0.3) is 0 Å². The summed E-state index contributed by atoms with van der Waals surface area (Å²) in [5, 5.41) is 2.42. The van der Waals surface area contributed by atoms with Crippen molar-refractivity contribution in [3.05, 3.63) is 42.7 Å². The van der Waals surface area contributed by atoms with Gasteiger partial charge in [-0.3, -0.25) is 14.9 Å². The van der Waals surface area contributed by atoms with Crippen molar-refractivity contribution in [3.63, 3.8) is 0 Å². The maximum Gasteiger partial charge on any atom is 0.316 e. The second-order valence-electron chi connectivity index (χ2n) is 5.02. The molecule has 1 aromatic carbocycles. The Hall–Kier alpha value is -2.61. The molecule has 0 aliphatic carbocycles. The number of para-hydroxylation sites is 1. The summed E-state index contributed by atoms with van der Waals surface area (Å²) in [5.41, 5.74) is 0. The lowest BCUT2D eigenvalue weighted by Gasteiger charge is -2.25. The van der Waals surface area contributed by atoms with Crippen molar-refractivity contribution in [3.8, 4) is 11.5 Å². The van der Waals surface area contributed by atoms with E-state index in [-0.39, 0.29) is 5.95 Å². The van der Waals surface area contributed by atoms with Crippen LogP contribution < -0.4 is 10.1 Å². The van der Waals surface area contributed by atoms with Crippen LogP contribution in [0.25, 0.3) is 0 Å². The Morgan fingerprint density at radius 3 is 2.38 bits per heavy atom. The van der Waals surface area contributed by atoms with Crippen LogP contribution >= 0.6 is 11.8 Å². The van der Waals surface area contributed by atoms with E-state index in [9.17, 15) is 9.59 Å². The molecule has 1 N–H and O–H groups in total. The van der Waals surface area contributed by atoms with Gasteiger partial charge >= 0.3 is 11.8 Å². The minimum absolute atomic E-state index is 0.0696. The summed E-state index contributed by atoms with van der Waals surface area (Å²) in [6.45, 7) is 1.17. The molecule has 0 bridgehead atoms. The fourth-order valence-corrected chi connectivity index (χ4v) is 3.03. The predicted molar refractivity (Wildman–Crippen MR) is 91.1 cm³/mol. The Labute approximate surface area is 143 Å². The smallest absolute Gasteiger partial charge is 0.316 e. The van der Waals surface area contributed by atoms with Crippen molar-refractivity contribution >= 4 is 29.5 Å². The van der Waals surface area contributed by atoms with E-state index in [0.717, 1.165) is 11.5 Å². The summed E-state index contributed by atoms with van der Waals surface area (Å²) in [6.07, 6.45) is 2.88. The number of nitrogens with one attached hydrogen (secondary N) is 1. The molecule has 1 fully saturated rings. The third kappa shape index (κ3) is 4.23. The van der Waals surface area contributed by atoms with Gasteiger partial charge in [0.15, 0.2) is 5.75 Å². The molecule has 8 heteroatoms. The second kappa shape index (κ2) is 7.78. The number of hydrogen-bond donors (Lipinski definition) is 1. The van der Waals surface area contributed by atoms with E-state index in [1.165, 1.54) is 12.4 Å². The summed E-state index contributed by atoms with van der Waals surface area (Å²) < 4.78 is 5.57. The van der Waals surface area contributed by atoms with Crippen LogP contribution in [0.1, 0.15) is 0 Å². The first kappa shape index (κ1) is 16.3. The zero-order valence-corrected chi connectivity index (χ0v) is 13.7. The molecule has 0 spiro atoms. The largest absolute Gasteiger partial charge is 0.454 e. The van der Waals surface area contributed by atoms with Gasteiger partial charge in [0.2, 0.25) is 5.95 Å². The van der Waals surface area contributed by atoms with Crippen LogP contribution in [-0.4, -0.2) is 51.3 Å². The minimum Gasteiger partial charge on any atom is -0.454 e. The van der Waals surface area contributed by atoms with Crippen LogP contribution in [-0.2, 0) is 9.59 Å². The number of rotatable bonds is 3. The van der Waals surface area contributed by atoms with Crippen molar-refractivity contribution in [2.75, 3.05) is 29.9 Å². The van der Waals surface area contributed by atoms with Crippen LogP contribution in [0.15, 0.2) is 42.7 Å². The van der Waals surface area contributed by atoms with E-state index in [1.54, 1.807) is 16.7 Å². The Bertz CT molecular complexity index is 703. The molecule has 1 aromatic heterocycles. The molecule has 0 saturated carbocycles. The molecule has 0 unspecified atom stereocenters. The first-order chi connectivity index (χ1) is 11.7. The van der Waals surface area contributed by atoms with Gasteiger partial charge in [0, 0.05) is 24.6 Å². The Kier molecular flexibility index (Phi) is 5.27. The fraction of sp³-hybridized carbons (Fsp3) is 0.250. The van der Waals surface area contributed by atoms with Crippen LogP contribution in [0.3, 0.4) is 0 Å². The van der Waals surface area contributed by atoms with Crippen molar-refractivity contribution in [1.29, 1.82) is 0 Å². The number of benzene rings is 1. The van der Waals surface area contributed by atoms with Gasteiger partial charge in [-0.05, 0) is 12.1 Å². The lowest BCUT2D eigenvalue weighted by atomic mass is 10.3. The quantitative estimate of drug-likeness (QED) is 0.855. The number of aromatic nitrogens is 2. The minimum atomic E-state index is -0.723. The van der Waals surface area contributed by atoms with Gasteiger partial charge in [-0.2, -0.15) is 11.8 Å². The molecule has 1 aliphatic rings. The first-order valence-corrected chi connectivity index (χ1v) is 8.61. The predicted octanol–water partition coefficient (Wildman–Crippen LogP) is 1.78. The molecule has 2 amide bonds. The number of anilines is 1. The molecular weight excluding hydrogens is 328 g/mol. The Balaban J connectivity index is 1.57. The van der Waals surface area contributed by atoms with Gasteiger partial charge in [-0.15, -0.1) is 0 Å². The molecule has 124 valence electrons. The summed E-state index contributed by atoms with van der Waals surface area (Å²) in [4.78, 5) is 33.5. The first-order valence-electron chi connectivity index (χ1n) is 7.45. The van der Waals surface area contributed by atoms with Crippen molar-refractivity contribution < 1.29 is 14.3 Å². The molecule has 7 nitrogen and oxygen atoms in total. The summed E-state index contributed by atoms with van der Waals surface area (Å²) in [5.74, 6) is 1.60. The van der Waals surface area contributed by atoms with Gasteiger partial charge < -0.3 is 9.64 Å². The third-order valence-electron chi connectivity index (χ3n) is 3.32. The van der Waals surface area contributed by atoms with Gasteiger partial charge in [-0.25, -0.2) is 9.97 Å². The molecule has 3 rings (SSSR count). The number of thioether (sulfide) groups is 1. The molecule has 0 radical (unpaired) electrons. The third-order valence-corrected chi connectivity index (χ3v) is 4.27. The molecular formula is C16H16N4O3S. The van der Waals surface area contributed by atoms with E-state index in [4.69, 9.17) is 4.74 Å². The van der Waals surface area contributed by atoms with E-state index in [1.807, 2.05) is 30.3 Å². The lowest BCUT2D eigenvalue weighted by molar-refractivity contribution is -0.142. The van der Waals surface area contributed by atoms with E-state index >= 15 is 0 Å². The average Bonchev–Trinajstić information content (AvgIpc) is 2.64. The Morgan fingerprint density at radius 1 is 1.04 bits per heavy atom. The van der Waals surface area contributed by atoms with E-state index in [2.05, 4.69) is 15.3 Å². The zero-order valence-electron chi connectivity index (χ0n) is 12.8. The standard InChI is InChI=1S/C16H16N4O3S/c21-14(15(22)20-6-8-24-9-7-20)19-16-17-10-13(11-18-16)23-12-4-2-1-3-5-12/h1-5,10-11H,6-9H2,(H,17,18,19,21). The SMILES string of the molecule is O=C(Nc1ncc(Oc2ccccc2)cn1)C(=O)N1CCSCC1. The number of amides is 2. The zero-order chi connectivity index (χ0) is 16.8. The summed E-state index contributed by atoms with van der Waals surface area (Å²) in [6, 6.07) is 9.22. The van der Waals surface area contributed by atoms with Crippen molar-refractivity contribution in [2.45, 2.75) is 0 Å². The van der Waals surface area contributed by atoms with Crippen LogP contribution in [0, 0.1) is 0 Å². The highest BCUT2D eigenvalue weighted by Crippen LogP contribution is 2.19. The van der Waals surface area contributed by atoms with E-state index in [0.29, 0.717) is 24.6 Å². The summed E-state index contributed by atoms with van der Waals surface area (Å²) >= 11 is 1.77. The van der Waals surface area contributed by atoms with Crippen LogP contribution in [0.4, 0.5) is 5.95 Å². The molecule has 1 aliphatic heterocycles. The average molecular weight is 344 g/mol. The number of carbonyl (C=O) groups excluding carboxylic acids is 2. The Morgan fingerprint density at radius 2 is 1.71 bits per heavy atom. The highest BCUT2D eigenvalue weighted by molar-refractivity contribution is 7.99. The summed E-state index contributed by atoms with van der Waals surface area (Å²) in [7, 11) is 0. The fourth-order valence-electron chi connectivity index (χ4n) is 2.12. The highest BCUT2D eigenvalue weighted by atomic mass is 32.2. The topological polar surface area (TPSA) is 84.4 Å². The van der Waals surface area contributed by atoms with Gasteiger partial charge in [0.05, 0.1) is 12.4 Å². The normalized spacial score (nSPS) is 14.1. The molecule has 2 aromatic rings. The maximum absolute atomic E-state index is 12.0. The number of hydrogen-bond acceptors (Lipinski definition) is 6. The monoisotopic (exact) mass is 344 g/mol. The number of ether oxygens (including phenoxy) is 1. The van der Waals surface area contributed by atoms with Crippen LogP contribution in [0.2, 0.25) is 0 Å². The molecule has 1 saturated heterocycles. The number of carbonyl (C=O) groups is 2. The van der Waals surface area contributed by atoms with Crippen molar-refractivity contribution in [1.82, 2.24) is 14.9 Å². The van der Waals surface area contributed by atoms with Gasteiger partial charge in [0.1, 0.15) is 5.75 Å². The van der Waals surface area contributed by atoms with Gasteiger partial charge in [-0.1, -0.05) is 18.2 Å².